The summed E-state index contributed by atoms with van der Waals surface area (Å²) in [4.78, 5) is 0. The van der Waals surface area contributed by atoms with Crippen LogP contribution >= 0.6 is 12.4 Å². The molecule has 1 fully saturated rings. The Labute approximate surface area is 128 Å². The van der Waals surface area contributed by atoms with E-state index in [-0.39, 0.29) is 12.4 Å². The molecule has 5 heteroatoms. The van der Waals surface area contributed by atoms with E-state index in [2.05, 4.69) is 35.1 Å². The van der Waals surface area contributed by atoms with E-state index in [0.717, 1.165) is 26.1 Å². The van der Waals surface area contributed by atoms with Crippen molar-refractivity contribution in [3.05, 3.63) is 18.0 Å². The van der Waals surface area contributed by atoms with Crippen LogP contribution in [-0.2, 0) is 11.3 Å². The second-order valence-corrected chi connectivity index (χ2v) is 5.72. The topological polar surface area (TPSA) is 39.1 Å². The van der Waals surface area contributed by atoms with Crippen LogP contribution < -0.4 is 5.32 Å². The van der Waals surface area contributed by atoms with Crippen LogP contribution in [0.1, 0.15) is 57.6 Å². The highest BCUT2D eigenvalue weighted by Gasteiger charge is 2.17. The van der Waals surface area contributed by atoms with E-state index >= 15 is 0 Å². The van der Waals surface area contributed by atoms with Gasteiger partial charge in [0.2, 0.25) is 0 Å². The standard InChI is InChI=1S/C15H27N3O.ClH/c1-13(2)19-9-5-8-16-10-14-11-17-18(12-14)15-6-3-4-7-15;/h11-13,15-16H,3-10H2,1-2H3;1H. The first kappa shape index (κ1) is 17.5. The van der Waals surface area contributed by atoms with Crippen molar-refractivity contribution in [2.24, 2.45) is 0 Å². The number of hydrogen-bond acceptors (Lipinski definition) is 3. The highest BCUT2D eigenvalue weighted by Crippen LogP contribution is 2.28. The van der Waals surface area contributed by atoms with Crippen LogP contribution in [0.5, 0.6) is 0 Å². The van der Waals surface area contributed by atoms with E-state index in [4.69, 9.17) is 4.74 Å². The Morgan fingerprint density at radius 1 is 1.40 bits per heavy atom. The SMILES string of the molecule is CC(C)OCCCNCc1cnn(C2CCCC2)c1.Cl. The van der Waals surface area contributed by atoms with Gasteiger partial charge in [-0.05, 0) is 39.7 Å². The molecule has 0 radical (unpaired) electrons. The molecule has 2 rings (SSSR count). The maximum Gasteiger partial charge on any atom is 0.0534 e. The average molecular weight is 302 g/mol. The first-order chi connectivity index (χ1) is 9.25. The van der Waals surface area contributed by atoms with E-state index < -0.39 is 0 Å². The molecule has 1 saturated carbocycles. The average Bonchev–Trinajstić information content (AvgIpc) is 3.03. The van der Waals surface area contributed by atoms with Gasteiger partial charge in [-0.3, -0.25) is 4.68 Å². The Balaban J connectivity index is 0.00000200. The highest BCUT2D eigenvalue weighted by molar-refractivity contribution is 5.85. The minimum atomic E-state index is 0. The first-order valence-electron chi connectivity index (χ1n) is 7.61. The number of rotatable bonds is 8. The Hall–Kier alpha value is -0.580. The lowest BCUT2D eigenvalue weighted by Crippen LogP contribution is -2.17. The van der Waals surface area contributed by atoms with Crippen molar-refractivity contribution in [3.8, 4) is 0 Å². The van der Waals surface area contributed by atoms with Gasteiger partial charge in [0.05, 0.1) is 18.3 Å². The molecule has 1 N–H and O–H groups in total. The molecule has 1 heterocycles. The molecule has 116 valence electrons. The van der Waals surface area contributed by atoms with Gasteiger partial charge >= 0.3 is 0 Å². The van der Waals surface area contributed by atoms with Crippen LogP contribution in [0.4, 0.5) is 0 Å². The van der Waals surface area contributed by atoms with Gasteiger partial charge in [-0.15, -0.1) is 12.4 Å². The number of ether oxygens (including phenoxy) is 1. The van der Waals surface area contributed by atoms with Crippen molar-refractivity contribution in [1.82, 2.24) is 15.1 Å². The predicted molar refractivity (Wildman–Crippen MR) is 84.4 cm³/mol. The van der Waals surface area contributed by atoms with E-state index in [0.29, 0.717) is 12.1 Å². The van der Waals surface area contributed by atoms with Gasteiger partial charge in [-0.1, -0.05) is 12.8 Å². The minimum Gasteiger partial charge on any atom is -0.379 e. The fourth-order valence-corrected chi connectivity index (χ4v) is 2.59. The molecular weight excluding hydrogens is 274 g/mol. The molecule has 4 nitrogen and oxygen atoms in total. The number of aromatic nitrogens is 2. The van der Waals surface area contributed by atoms with Gasteiger partial charge in [0.25, 0.3) is 0 Å². The minimum absolute atomic E-state index is 0. The van der Waals surface area contributed by atoms with Gasteiger partial charge in [-0.25, -0.2) is 0 Å². The molecular formula is C15H28ClN3O. The molecule has 1 aliphatic rings. The van der Waals surface area contributed by atoms with Gasteiger partial charge in [-0.2, -0.15) is 5.10 Å². The lowest BCUT2D eigenvalue weighted by atomic mass is 10.2. The highest BCUT2D eigenvalue weighted by atomic mass is 35.5. The summed E-state index contributed by atoms with van der Waals surface area (Å²) in [5.74, 6) is 0. The Morgan fingerprint density at radius 3 is 2.85 bits per heavy atom. The normalized spacial score (nSPS) is 15.8. The molecule has 0 spiro atoms. The number of nitrogens with zero attached hydrogens (tertiary/aromatic N) is 2. The van der Waals surface area contributed by atoms with Crippen LogP contribution in [0.2, 0.25) is 0 Å². The van der Waals surface area contributed by atoms with Crippen molar-refractivity contribution in [3.63, 3.8) is 0 Å². The van der Waals surface area contributed by atoms with Crippen LogP contribution in [-0.4, -0.2) is 29.0 Å². The molecule has 1 aromatic rings. The van der Waals surface area contributed by atoms with Gasteiger partial charge in [0, 0.05) is 24.9 Å². The molecule has 0 aliphatic heterocycles. The fraction of sp³-hybridized carbons (Fsp3) is 0.800. The Kier molecular flexibility index (Phi) is 8.19. The van der Waals surface area contributed by atoms with Crippen molar-refractivity contribution < 1.29 is 4.74 Å². The van der Waals surface area contributed by atoms with E-state index in [9.17, 15) is 0 Å². The molecule has 0 bridgehead atoms. The van der Waals surface area contributed by atoms with Crippen molar-refractivity contribution in [2.75, 3.05) is 13.2 Å². The molecule has 0 unspecified atom stereocenters. The summed E-state index contributed by atoms with van der Waals surface area (Å²) in [5, 5.41) is 7.93. The smallest absolute Gasteiger partial charge is 0.0534 e. The van der Waals surface area contributed by atoms with Gasteiger partial charge in [0.15, 0.2) is 0 Å². The lowest BCUT2D eigenvalue weighted by Gasteiger charge is -2.09. The van der Waals surface area contributed by atoms with Crippen LogP contribution in [0, 0.1) is 0 Å². The number of hydrogen-bond donors (Lipinski definition) is 1. The molecule has 0 amide bonds. The second kappa shape index (κ2) is 9.37. The molecule has 20 heavy (non-hydrogen) atoms. The molecule has 1 aromatic heterocycles. The molecule has 0 saturated heterocycles. The van der Waals surface area contributed by atoms with E-state index in [1.165, 1.54) is 31.2 Å². The molecule has 0 aromatic carbocycles. The van der Waals surface area contributed by atoms with Crippen molar-refractivity contribution in [2.45, 2.75) is 64.6 Å². The fourth-order valence-electron chi connectivity index (χ4n) is 2.59. The lowest BCUT2D eigenvalue weighted by molar-refractivity contribution is 0.0770. The van der Waals surface area contributed by atoms with Gasteiger partial charge < -0.3 is 10.1 Å². The molecule has 0 atom stereocenters. The summed E-state index contributed by atoms with van der Waals surface area (Å²) in [7, 11) is 0. The zero-order valence-corrected chi connectivity index (χ0v) is 13.5. The predicted octanol–water partition coefficient (Wildman–Crippen LogP) is 3.32. The van der Waals surface area contributed by atoms with E-state index in [1.807, 2.05) is 6.20 Å². The quantitative estimate of drug-likeness (QED) is 0.749. The van der Waals surface area contributed by atoms with Crippen LogP contribution in [0.15, 0.2) is 12.4 Å². The summed E-state index contributed by atoms with van der Waals surface area (Å²) < 4.78 is 7.67. The van der Waals surface area contributed by atoms with Crippen molar-refractivity contribution in [1.29, 1.82) is 0 Å². The van der Waals surface area contributed by atoms with Crippen molar-refractivity contribution >= 4 is 12.4 Å². The zero-order valence-electron chi connectivity index (χ0n) is 12.7. The summed E-state index contributed by atoms with van der Waals surface area (Å²) in [6, 6.07) is 0.646. The monoisotopic (exact) mass is 301 g/mol. The summed E-state index contributed by atoms with van der Waals surface area (Å²) in [6.07, 6.45) is 10.9. The first-order valence-corrected chi connectivity index (χ1v) is 7.61. The summed E-state index contributed by atoms with van der Waals surface area (Å²) in [6.45, 7) is 6.90. The maximum atomic E-state index is 5.51. The third-order valence-corrected chi connectivity index (χ3v) is 3.63. The summed E-state index contributed by atoms with van der Waals surface area (Å²) >= 11 is 0. The largest absolute Gasteiger partial charge is 0.379 e. The summed E-state index contributed by atoms with van der Waals surface area (Å²) in [5.41, 5.74) is 1.29. The third-order valence-electron chi connectivity index (χ3n) is 3.63. The van der Waals surface area contributed by atoms with E-state index in [1.54, 1.807) is 0 Å². The maximum absolute atomic E-state index is 5.51. The van der Waals surface area contributed by atoms with Gasteiger partial charge in [0.1, 0.15) is 0 Å². The Bertz CT molecular complexity index is 362. The number of halogens is 1. The third kappa shape index (κ3) is 5.81. The van der Waals surface area contributed by atoms with Crippen LogP contribution in [0.25, 0.3) is 0 Å². The Morgan fingerprint density at radius 2 is 2.15 bits per heavy atom. The van der Waals surface area contributed by atoms with Crippen LogP contribution in [0.3, 0.4) is 0 Å². The second-order valence-electron chi connectivity index (χ2n) is 5.72. The molecule has 1 aliphatic carbocycles. The number of nitrogens with one attached hydrogen (secondary N) is 1. The zero-order chi connectivity index (χ0) is 13.5.